The summed E-state index contributed by atoms with van der Waals surface area (Å²) in [6.07, 6.45) is 1.67. The Morgan fingerprint density at radius 2 is 1.86 bits per heavy atom. The molecule has 0 saturated carbocycles. The number of aromatic nitrogens is 1. The van der Waals surface area contributed by atoms with Gasteiger partial charge in [0, 0.05) is 18.3 Å². The van der Waals surface area contributed by atoms with Crippen LogP contribution in [0.1, 0.15) is 5.56 Å². The van der Waals surface area contributed by atoms with Crippen LogP contribution >= 0.6 is 11.6 Å². The molecule has 2 aromatic carbocycles. The second-order valence-electron chi connectivity index (χ2n) is 6.15. The Morgan fingerprint density at radius 1 is 1.07 bits per heavy atom. The van der Waals surface area contributed by atoms with Crippen LogP contribution in [0.25, 0.3) is 5.69 Å². The van der Waals surface area contributed by atoms with E-state index < -0.39 is 0 Å². The zero-order valence-corrected chi connectivity index (χ0v) is 16.6. The summed E-state index contributed by atoms with van der Waals surface area (Å²) >= 11 is 6.08. The van der Waals surface area contributed by atoms with E-state index in [-0.39, 0.29) is 24.5 Å². The van der Waals surface area contributed by atoms with Crippen molar-refractivity contribution in [3.63, 3.8) is 0 Å². The van der Waals surface area contributed by atoms with Gasteiger partial charge in [-0.2, -0.15) is 0 Å². The van der Waals surface area contributed by atoms with E-state index in [0.717, 1.165) is 5.56 Å². The molecule has 0 atom stereocenters. The second kappa shape index (κ2) is 9.21. The normalized spacial score (nSPS) is 10.4. The molecule has 6 nitrogen and oxygen atoms in total. The molecule has 0 unspecified atom stereocenters. The van der Waals surface area contributed by atoms with Crippen molar-refractivity contribution < 1.29 is 19.3 Å². The van der Waals surface area contributed by atoms with Crippen molar-refractivity contribution in [3.8, 4) is 22.9 Å². The Kier molecular flexibility index (Phi) is 6.46. The van der Waals surface area contributed by atoms with E-state index in [4.69, 9.17) is 25.8 Å². The van der Waals surface area contributed by atoms with Crippen molar-refractivity contribution in [2.75, 3.05) is 13.7 Å². The zero-order valence-electron chi connectivity index (χ0n) is 15.8. The van der Waals surface area contributed by atoms with Gasteiger partial charge in [0.2, 0.25) is 0 Å². The Morgan fingerprint density at radius 3 is 2.55 bits per heavy atom. The Labute approximate surface area is 173 Å². The highest BCUT2D eigenvalue weighted by Gasteiger charge is 2.09. The van der Waals surface area contributed by atoms with Crippen LogP contribution in [0.15, 0.2) is 77.9 Å². The standard InChI is InChI=1S/C22H20ClNO5/c1-15(25)13-28-20-8-7-17(12-21(20)27-2)24-10-9-16(11-22(24)26)14-29-19-6-4-3-5-18(19)23/h3-12,25H,1,13-14H2,2H3. The molecule has 1 heterocycles. The maximum atomic E-state index is 12.6. The quantitative estimate of drug-likeness (QED) is 0.549. The van der Waals surface area contributed by atoms with Crippen molar-refractivity contribution in [3.05, 3.63) is 94.1 Å². The van der Waals surface area contributed by atoms with E-state index in [2.05, 4.69) is 6.58 Å². The first-order chi connectivity index (χ1) is 14.0. The highest BCUT2D eigenvalue weighted by Crippen LogP contribution is 2.29. The topological polar surface area (TPSA) is 69.9 Å². The lowest BCUT2D eigenvalue weighted by molar-refractivity contribution is 0.261. The lowest BCUT2D eigenvalue weighted by Crippen LogP contribution is -2.18. The van der Waals surface area contributed by atoms with Crippen LogP contribution in [0.5, 0.6) is 17.2 Å². The molecule has 0 aliphatic rings. The molecule has 150 valence electrons. The smallest absolute Gasteiger partial charge is 0.255 e. The molecule has 0 aliphatic heterocycles. The minimum absolute atomic E-state index is 0.0459. The number of aliphatic hydroxyl groups is 1. The number of rotatable bonds is 8. The monoisotopic (exact) mass is 413 g/mol. The first-order valence-corrected chi connectivity index (χ1v) is 9.12. The summed E-state index contributed by atoms with van der Waals surface area (Å²) in [5.41, 5.74) is 1.12. The van der Waals surface area contributed by atoms with Crippen molar-refractivity contribution in [2.45, 2.75) is 6.61 Å². The SMILES string of the molecule is C=C(O)COc1ccc(-n2ccc(COc3ccccc3Cl)cc2=O)cc1OC. The molecule has 3 aromatic rings. The third-order valence-corrected chi connectivity index (χ3v) is 4.35. The molecule has 3 rings (SSSR count). The number of hydrogen-bond acceptors (Lipinski definition) is 5. The fourth-order valence-electron chi connectivity index (χ4n) is 2.63. The molecular weight excluding hydrogens is 394 g/mol. The van der Waals surface area contributed by atoms with Crippen molar-refractivity contribution in [1.29, 1.82) is 0 Å². The zero-order chi connectivity index (χ0) is 20.8. The number of para-hydroxylation sites is 1. The summed E-state index contributed by atoms with van der Waals surface area (Å²) in [5, 5.41) is 9.69. The summed E-state index contributed by atoms with van der Waals surface area (Å²) in [7, 11) is 1.50. The van der Waals surface area contributed by atoms with Gasteiger partial charge in [0.25, 0.3) is 5.56 Å². The van der Waals surface area contributed by atoms with Crippen LogP contribution in [-0.4, -0.2) is 23.4 Å². The van der Waals surface area contributed by atoms with Gasteiger partial charge in [-0.05, 0) is 35.9 Å². The van der Waals surface area contributed by atoms with Gasteiger partial charge in [-0.25, -0.2) is 0 Å². The van der Waals surface area contributed by atoms with Crippen LogP contribution in [-0.2, 0) is 6.61 Å². The maximum absolute atomic E-state index is 12.6. The van der Waals surface area contributed by atoms with Gasteiger partial charge in [0.1, 0.15) is 24.7 Å². The van der Waals surface area contributed by atoms with E-state index in [1.54, 1.807) is 42.6 Å². The number of aliphatic hydroxyl groups excluding tert-OH is 1. The van der Waals surface area contributed by atoms with Crippen LogP contribution in [0.3, 0.4) is 0 Å². The predicted molar refractivity (Wildman–Crippen MR) is 112 cm³/mol. The second-order valence-corrected chi connectivity index (χ2v) is 6.56. The first kappa shape index (κ1) is 20.4. The van der Waals surface area contributed by atoms with Crippen LogP contribution in [0, 0.1) is 0 Å². The third-order valence-electron chi connectivity index (χ3n) is 4.03. The minimum atomic E-state index is -0.218. The fourth-order valence-corrected chi connectivity index (χ4v) is 2.82. The number of benzene rings is 2. The number of ether oxygens (including phenoxy) is 3. The molecule has 0 saturated heterocycles. The number of hydrogen-bond donors (Lipinski definition) is 1. The number of pyridine rings is 1. The van der Waals surface area contributed by atoms with Crippen LogP contribution in [0.4, 0.5) is 0 Å². The molecule has 0 bridgehead atoms. The average molecular weight is 414 g/mol. The highest BCUT2D eigenvalue weighted by molar-refractivity contribution is 6.32. The lowest BCUT2D eigenvalue weighted by Gasteiger charge is -2.13. The largest absolute Gasteiger partial charge is 0.509 e. The lowest BCUT2D eigenvalue weighted by atomic mass is 10.2. The van der Waals surface area contributed by atoms with E-state index in [9.17, 15) is 9.90 Å². The highest BCUT2D eigenvalue weighted by atomic mass is 35.5. The molecule has 0 spiro atoms. The molecule has 29 heavy (non-hydrogen) atoms. The van der Waals surface area contributed by atoms with E-state index >= 15 is 0 Å². The number of halogens is 1. The van der Waals surface area contributed by atoms with E-state index in [1.807, 2.05) is 12.1 Å². The van der Waals surface area contributed by atoms with Gasteiger partial charge < -0.3 is 19.3 Å². The molecule has 1 N–H and O–H groups in total. The van der Waals surface area contributed by atoms with Gasteiger partial charge in [-0.1, -0.05) is 30.3 Å². The molecule has 0 radical (unpaired) electrons. The van der Waals surface area contributed by atoms with Gasteiger partial charge in [-0.15, -0.1) is 0 Å². The third kappa shape index (κ3) is 5.12. The van der Waals surface area contributed by atoms with Crippen molar-refractivity contribution in [1.82, 2.24) is 4.57 Å². The molecular formula is C22H20ClNO5. The fraction of sp³-hybridized carbons (Fsp3) is 0.136. The average Bonchev–Trinajstić information content (AvgIpc) is 2.71. The van der Waals surface area contributed by atoms with Gasteiger partial charge in [0.15, 0.2) is 11.5 Å². The van der Waals surface area contributed by atoms with Gasteiger partial charge in [-0.3, -0.25) is 9.36 Å². The number of nitrogens with zero attached hydrogens (tertiary/aromatic N) is 1. The first-order valence-electron chi connectivity index (χ1n) is 8.75. The van der Waals surface area contributed by atoms with Gasteiger partial charge in [0.05, 0.1) is 17.8 Å². The summed E-state index contributed by atoms with van der Waals surface area (Å²) in [6.45, 7) is 3.55. The van der Waals surface area contributed by atoms with E-state index in [0.29, 0.717) is 28.0 Å². The molecule has 0 fully saturated rings. The molecule has 0 aliphatic carbocycles. The predicted octanol–water partition coefficient (Wildman–Crippen LogP) is 4.53. The van der Waals surface area contributed by atoms with Crippen molar-refractivity contribution in [2.24, 2.45) is 0 Å². The maximum Gasteiger partial charge on any atom is 0.255 e. The summed E-state index contributed by atoms with van der Waals surface area (Å²) in [5.74, 6) is 1.33. The molecule has 7 heteroatoms. The Balaban J connectivity index is 1.78. The minimum Gasteiger partial charge on any atom is -0.509 e. The van der Waals surface area contributed by atoms with Crippen LogP contribution < -0.4 is 19.8 Å². The van der Waals surface area contributed by atoms with Crippen molar-refractivity contribution >= 4 is 11.6 Å². The Bertz CT molecular complexity index is 1080. The number of methoxy groups -OCH3 is 1. The summed E-state index contributed by atoms with van der Waals surface area (Å²) in [6, 6.07) is 15.5. The van der Waals surface area contributed by atoms with E-state index in [1.165, 1.54) is 17.7 Å². The van der Waals surface area contributed by atoms with Crippen LogP contribution in [0.2, 0.25) is 5.02 Å². The van der Waals surface area contributed by atoms with Gasteiger partial charge >= 0.3 is 0 Å². The Hall–Kier alpha value is -3.38. The molecule has 1 aromatic heterocycles. The molecule has 0 amide bonds. The summed E-state index contributed by atoms with van der Waals surface area (Å²) < 4.78 is 17.9. The summed E-state index contributed by atoms with van der Waals surface area (Å²) in [4.78, 5) is 12.6.